The van der Waals surface area contributed by atoms with E-state index in [1.54, 1.807) is 4.57 Å². The number of nitrogens with zero attached hydrogens (tertiary/aromatic N) is 2. The molecule has 0 saturated heterocycles. The van der Waals surface area contributed by atoms with Gasteiger partial charge < -0.3 is 19.7 Å². The van der Waals surface area contributed by atoms with Gasteiger partial charge in [0.15, 0.2) is 5.69 Å². The van der Waals surface area contributed by atoms with Crippen molar-refractivity contribution < 1.29 is 19.4 Å². The third-order valence-electron chi connectivity index (χ3n) is 2.87. The zero-order valence-corrected chi connectivity index (χ0v) is 10.3. The number of aromatic nitrogens is 2. The highest BCUT2D eigenvalue weighted by atomic mass is 16.5. The molecule has 19 heavy (non-hydrogen) atoms. The number of hydrogen-bond acceptors (Lipinski definition) is 4. The summed E-state index contributed by atoms with van der Waals surface area (Å²) in [5.41, 5.74) is 0.0323. The van der Waals surface area contributed by atoms with E-state index in [0.29, 0.717) is 19.4 Å². The Kier molecular flexibility index (Phi) is 3.84. The maximum Gasteiger partial charge on any atom is 0.407 e. The van der Waals surface area contributed by atoms with Crippen molar-refractivity contribution in [1.29, 1.82) is 0 Å². The molecule has 2 N–H and O–H groups in total. The fourth-order valence-corrected chi connectivity index (χ4v) is 2.01. The summed E-state index contributed by atoms with van der Waals surface area (Å²) in [6.07, 6.45) is 3.82. The number of alkyl carbamates (subject to hydrolysis) is 1. The van der Waals surface area contributed by atoms with Gasteiger partial charge in [-0.15, -0.1) is 0 Å². The Morgan fingerprint density at radius 1 is 1.68 bits per heavy atom. The smallest absolute Gasteiger partial charge is 0.407 e. The van der Waals surface area contributed by atoms with E-state index in [4.69, 9.17) is 9.84 Å². The van der Waals surface area contributed by atoms with E-state index in [0.717, 1.165) is 5.82 Å². The molecule has 1 aliphatic rings. The van der Waals surface area contributed by atoms with Gasteiger partial charge in [0.2, 0.25) is 0 Å². The van der Waals surface area contributed by atoms with Gasteiger partial charge >= 0.3 is 12.1 Å². The highest BCUT2D eigenvalue weighted by Gasteiger charge is 2.23. The molecule has 1 aromatic rings. The Labute approximate surface area is 109 Å². The summed E-state index contributed by atoms with van der Waals surface area (Å²) in [5.74, 6) is -0.313. The van der Waals surface area contributed by atoms with Gasteiger partial charge in [0.25, 0.3) is 0 Å². The normalized spacial score (nSPS) is 17.4. The zero-order chi connectivity index (χ0) is 13.8. The third kappa shape index (κ3) is 3.12. The van der Waals surface area contributed by atoms with E-state index in [1.165, 1.54) is 12.3 Å². The average Bonchev–Trinajstić information content (AvgIpc) is 2.79. The molecule has 0 saturated carbocycles. The van der Waals surface area contributed by atoms with Gasteiger partial charge in [-0.3, -0.25) is 0 Å². The molecular weight excluding hydrogens is 250 g/mol. The summed E-state index contributed by atoms with van der Waals surface area (Å²) in [6.45, 7) is 4.12. The fourth-order valence-electron chi connectivity index (χ4n) is 2.01. The van der Waals surface area contributed by atoms with Crippen LogP contribution >= 0.6 is 0 Å². The lowest BCUT2D eigenvalue weighted by atomic mass is 10.1. The maximum absolute atomic E-state index is 11.4. The van der Waals surface area contributed by atoms with Crippen molar-refractivity contribution in [2.45, 2.75) is 25.4 Å². The molecule has 1 unspecified atom stereocenters. The van der Waals surface area contributed by atoms with Crippen molar-refractivity contribution in [3.8, 4) is 0 Å². The summed E-state index contributed by atoms with van der Waals surface area (Å²) in [4.78, 5) is 26.2. The Balaban J connectivity index is 1.96. The number of rotatable bonds is 4. The molecule has 2 rings (SSSR count). The van der Waals surface area contributed by atoms with E-state index in [9.17, 15) is 9.59 Å². The molecule has 0 bridgehead atoms. The SMILES string of the molecule is C=CCOC(=O)NC1CCc2nc(C(=O)O)cn2C1. The number of fused-ring (bicyclic) bond motifs is 1. The second-order valence-corrected chi connectivity index (χ2v) is 4.27. The standard InChI is InChI=1S/C12H15N3O4/c1-2-5-19-12(18)13-8-3-4-10-14-9(11(16)17)7-15(10)6-8/h2,7-8H,1,3-6H2,(H,13,18)(H,16,17). The molecule has 7 nitrogen and oxygen atoms in total. The molecule has 1 aliphatic heterocycles. The van der Waals surface area contributed by atoms with E-state index in [-0.39, 0.29) is 18.3 Å². The predicted octanol–water partition coefficient (Wildman–Crippen LogP) is 0.808. The lowest BCUT2D eigenvalue weighted by Gasteiger charge is -2.24. The van der Waals surface area contributed by atoms with E-state index in [2.05, 4.69) is 16.9 Å². The molecular formula is C12H15N3O4. The number of amides is 1. The van der Waals surface area contributed by atoms with Crippen LogP contribution < -0.4 is 5.32 Å². The number of nitrogens with one attached hydrogen (secondary N) is 1. The number of carboxylic acid groups (broad SMARTS) is 1. The van der Waals surface area contributed by atoms with Crippen LogP contribution in [0.1, 0.15) is 22.7 Å². The number of aromatic carboxylic acids is 1. The van der Waals surface area contributed by atoms with Gasteiger partial charge in [0.05, 0.1) is 6.04 Å². The Hall–Kier alpha value is -2.31. The van der Waals surface area contributed by atoms with Crippen LogP contribution in [0.15, 0.2) is 18.9 Å². The summed E-state index contributed by atoms with van der Waals surface area (Å²) < 4.78 is 6.59. The quantitative estimate of drug-likeness (QED) is 0.786. The second-order valence-electron chi connectivity index (χ2n) is 4.27. The minimum atomic E-state index is -1.04. The highest BCUT2D eigenvalue weighted by Crippen LogP contribution is 2.15. The van der Waals surface area contributed by atoms with Gasteiger partial charge in [-0.2, -0.15) is 0 Å². The van der Waals surface area contributed by atoms with Crippen LogP contribution in [0.25, 0.3) is 0 Å². The van der Waals surface area contributed by atoms with Gasteiger partial charge in [-0.1, -0.05) is 12.7 Å². The first kappa shape index (κ1) is 13.1. The number of aryl methyl sites for hydroxylation is 1. The number of hydrogen-bond donors (Lipinski definition) is 2. The van der Waals surface area contributed by atoms with E-state index < -0.39 is 12.1 Å². The Morgan fingerprint density at radius 2 is 2.47 bits per heavy atom. The predicted molar refractivity (Wildman–Crippen MR) is 66.0 cm³/mol. The average molecular weight is 265 g/mol. The second kappa shape index (κ2) is 5.55. The number of carbonyl (C=O) groups excluding carboxylic acids is 1. The number of carbonyl (C=O) groups is 2. The van der Waals surface area contributed by atoms with Gasteiger partial charge in [-0.05, 0) is 6.42 Å². The van der Waals surface area contributed by atoms with Gasteiger partial charge in [0, 0.05) is 19.2 Å². The number of ether oxygens (including phenoxy) is 1. The van der Waals surface area contributed by atoms with Crippen molar-refractivity contribution in [1.82, 2.24) is 14.9 Å². The van der Waals surface area contributed by atoms with Gasteiger partial charge in [-0.25, -0.2) is 14.6 Å². The lowest BCUT2D eigenvalue weighted by Crippen LogP contribution is -2.41. The lowest BCUT2D eigenvalue weighted by molar-refractivity contribution is 0.0690. The monoisotopic (exact) mass is 265 g/mol. The van der Waals surface area contributed by atoms with Crippen LogP contribution in [0.3, 0.4) is 0 Å². The van der Waals surface area contributed by atoms with Crippen LogP contribution in [0.5, 0.6) is 0 Å². The molecule has 7 heteroatoms. The van der Waals surface area contributed by atoms with Crippen molar-refractivity contribution >= 4 is 12.1 Å². The summed E-state index contributed by atoms with van der Waals surface area (Å²) >= 11 is 0. The molecule has 1 amide bonds. The maximum atomic E-state index is 11.4. The molecule has 0 fully saturated rings. The van der Waals surface area contributed by atoms with Gasteiger partial charge in [0.1, 0.15) is 12.4 Å². The minimum Gasteiger partial charge on any atom is -0.476 e. The van der Waals surface area contributed by atoms with Crippen LogP contribution in [-0.2, 0) is 17.7 Å². The van der Waals surface area contributed by atoms with Crippen LogP contribution in [0.2, 0.25) is 0 Å². The first-order valence-corrected chi connectivity index (χ1v) is 5.93. The first-order valence-electron chi connectivity index (χ1n) is 5.93. The van der Waals surface area contributed by atoms with Crippen LogP contribution in [0, 0.1) is 0 Å². The number of imidazole rings is 1. The molecule has 1 atom stereocenters. The van der Waals surface area contributed by atoms with E-state index >= 15 is 0 Å². The molecule has 0 aromatic carbocycles. The first-order chi connectivity index (χ1) is 9.10. The molecule has 2 heterocycles. The molecule has 0 spiro atoms. The molecule has 1 aromatic heterocycles. The zero-order valence-electron chi connectivity index (χ0n) is 10.3. The van der Waals surface area contributed by atoms with Crippen molar-refractivity contribution in [3.05, 3.63) is 30.4 Å². The molecule has 0 aliphatic carbocycles. The van der Waals surface area contributed by atoms with Crippen molar-refractivity contribution in [3.63, 3.8) is 0 Å². The molecule has 102 valence electrons. The fraction of sp³-hybridized carbons (Fsp3) is 0.417. The van der Waals surface area contributed by atoms with Crippen molar-refractivity contribution in [2.75, 3.05) is 6.61 Å². The third-order valence-corrected chi connectivity index (χ3v) is 2.87. The Morgan fingerprint density at radius 3 is 3.16 bits per heavy atom. The summed E-state index contributed by atoms with van der Waals surface area (Å²) in [7, 11) is 0. The molecule has 0 radical (unpaired) electrons. The minimum absolute atomic E-state index is 0.0323. The van der Waals surface area contributed by atoms with E-state index in [1.807, 2.05) is 0 Å². The largest absolute Gasteiger partial charge is 0.476 e. The summed E-state index contributed by atoms with van der Waals surface area (Å²) in [6, 6.07) is -0.0827. The van der Waals surface area contributed by atoms with Crippen LogP contribution in [-0.4, -0.2) is 39.4 Å². The summed E-state index contributed by atoms with van der Waals surface area (Å²) in [5, 5.41) is 11.6. The van der Waals surface area contributed by atoms with Crippen molar-refractivity contribution in [2.24, 2.45) is 0 Å². The number of carboxylic acids is 1. The highest BCUT2D eigenvalue weighted by molar-refractivity contribution is 5.85. The topological polar surface area (TPSA) is 93.4 Å². The Bertz CT molecular complexity index is 509. The van der Waals surface area contributed by atoms with Crippen LogP contribution in [0.4, 0.5) is 4.79 Å².